The number of fused-ring (bicyclic) bond motifs is 2. The molecule has 0 spiro atoms. The number of benzene rings is 2. The summed E-state index contributed by atoms with van der Waals surface area (Å²) in [4.78, 5) is 1.38. The van der Waals surface area contributed by atoms with Gasteiger partial charge in [0.05, 0.1) is 0 Å². The summed E-state index contributed by atoms with van der Waals surface area (Å²) < 4.78 is 1.39. The van der Waals surface area contributed by atoms with Crippen LogP contribution in [-0.4, -0.2) is 0 Å². The normalized spacial score (nSPS) is 10.2. The summed E-state index contributed by atoms with van der Waals surface area (Å²) >= 11 is 1.87. The van der Waals surface area contributed by atoms with Gasteiger partial charge in [0, 0.05) is 9.58 Å². The average Bonchev–Trinajstić information content (AvgIpc) is 2.67. The molecule has 0 radical (unpaired) electrons. The third kappa shape index (κ3) is 1.96. The molecule has 0 aliphatic carbocycles. The van der Waals surface area contributed by atoms with Gasteiger partial charge in [-0.25, -0.2) is 0 Å². The molecule has 0 amide bonds. The quantitative estimate of drug-likeness (QED) is 0.484. The summed E-state index contributed by atoms with van der Waals surface area (Å²) in [7, 11) is 0. The van der Waals surface area contributed by atoms with E-state index in [0.29, 0.717) is 0 Å². The van der Waals surface area contributed by atoms with Gasteiger partial charge in [-0.1, -0.05) is 38.1 Å². The van der Waals surface area contributed by atoms with Crippen LogP contribution in [0.3, 0.4) is 0 Å². The molecular weight excluding hydrogens is 212 g/mol. The van der Waals surface area contributed by atoms with E-state index in [0.717, 1.165) is 0 Å². The van der Waals surface area contributed by atoms with E-state index < -0.39 is 0 Å². The monoisotopic (exact) mass is 228 g/mol. The molecule has 16 heavy (non-hydrogen) atoms. The van der Waals surface area contributed by atoms with E-state index in [1.54, 1.807) is 0 Å². The van der Waals surface area contributed by atoms with E-state index in [-0.39, 0.29) is 0 Å². The van der Waals surface area contributed by atoms with Crippen molar-refractivity contribution < 1.29 is 0 Å². The Hall–Kier alpha value is -1.34. The molecule has 3 rings (SSSR count). The fraction of sp³-hybridized carbons (Fsp3) is 0.200. The lowest BCUT2D eigenvalue weighted by atomic mass is 10.1. The van der Waals surface area contributed by atoms with Crippen LogP contribution in [-0.2, 0) is 0 Å². The molecule has 0 bridgehead atoms. The van der Waals surface area contributed by atoms with Crippen molar-refractivity contribution in [3.8, 4) is 0 Å². The predicted octanol–water partition coefficient (Wildman–Crippen LogP) is 5.39. The van der Waals surface area contributed by atoms with Gasteiger partial charge in [0.15, 0.2) is 0 Å². The molecule has 0 aliphatic rings. The molecule has 82 valence electrons. The molecule has 0 unspecified atom stereocenters. The average molecular weight is 228 g/mol. The second kappa shape index (κ2) is 4.67. The molecule has 0 saturated heterocycles. The number of rotatable bonds is 0. The van der Waals surface area contributed by atoms with Crippen molar-refractivity contribution in [2.45, 2.75) is 20.8 Å². The molecule has 0 atom stereocenters. The Labute approximate surface area is 101 Å². The highest BCUT2D eigenvalue weighted by Crippen LogP contribution is 2.29. The lowest BCUT2D eigenvalue weighted by Crippen LogP contribution is -1.70. The summed E-state index contributed by atoms with van der Waals surface area (Å²) in [6.45, 7) is 6.16. The van der Waals surface area contributed by atoms with Crippen LogP contribution in [0.25, 0.3) is 20.9 Å². The van der Waals surface area contributed by atoms with E-state index in [1.165, 1.54) is 25.7 Å². The van der Waals surface area contributed by atoms with E-state index >= 15 is 0 Å². The van der Waals surface area contributed by atoms with E-state index in [9.17, 15) is 0 Å². The molecule has 0 fully saturated rings. The third-order valence-electron chi connectivity index (χ3n) is 2.51. The standard InChI is InChI=1S/C13H10S.C2H6/c1-9-6-12-7-10-4-2-3-5-11(10)8-13(12)14-9;1-2/h2-8H,1H3;1-2H3. The highest BCUT2D eigenvalue weighted by Gasteiger charge is 2.00. The Morgan fingerprint density at radius 2 is 1.44 bits per heavy atom. The zero-order valence-electron chi connectivity index (χ0n) is 9.95. The second-order valence-corrected chi connectivity index (χ2v) is 4.88. The first kappa shape index (κ1) is 11.2. The zero-order chi connectivity index (χ0) is 11.5. The van der Waals surface area contributed by atoms with Crippen LogP contribution in [0.15, 0.2) is 42.5 Å². The maximum atomic E-state index is 2.28. The smallest absolute Gasteiger partial charge is 0.0351 e. The minimum atomic E-state index is 1.33. The van der Waals surface area contributed by atoms with Crippen LogP contribution in [0.4, 0.5) is 0 Å². The van der Waals surface area contributed by atoms with Crippen molar-refractivity contribution >= 4 is 32.2 Å². The Morgan fingerprint density at radius 1 is 0.812 bits per heavy atom. The third-order valence-corrected chi connectivity index (χ3v) is 3.52. The van der Waals surface area contributed by atoms with Gasteiger partial charge in [0.2, 0.25) is 0 Å². The predicted molar refractivity (Wildman–Crippen MR) is 75.4 cm³/mol. The summed E-state index contributed by atoms with van der Waals surface area (Å²) in [5.74, 6) is 0. The minimum absolute atomic E-state index is 1.33. The van der Waals surface area contributed by atoms with Crippen molar-refractivity contribution in [1.29, 1.82) is 0 Å². The molecule has 0 N–H and O–H groups in total. The highest BCUT2D eigenvalue weighted by atomic mass is 32.1. The first-order chi connectivity index (χ1) is 7.83. The van der Waals surface area contributed by atoms with Crippen LogP contribution in [0.1, 0.15) is 18.7 Å². The van der Waals surface area contributed by atoms with E-state index in [4.69, 9.17) is 0 Å². The number of hydrogen-bond acceptors (Lipinski definition) is 1. The Balaban J connectivity index is 0.000000457. The molecule has 0 nitrogen and oxygen atoms in total. The summed E-state index contributed by atoms with van der Waals surface area (Å²) in [5, 5.41) is 4.03. The van der Waals surface area contributed by atoms with E-state index in [2.05, 4.69) is 49.4 Å². The van der Waals surface area contributed by atoms with E-state index in [1.807, 2.05) is 25.2 Å². The largest absolute Gasteiger partial charge is 0.141 e. The fourth-order valence-electron chi connectivity index (χ4n) is 1.86. The Kier molecular flexibility index (Phi) is 3.25. The van der Waals surface area contributed by atoms with Gasteiger partial charge >= 0.3 is 0 Å². The first-order valence-corrected chi connectivity index (χ1v) is 6.53. The number of thiophene rings is 1. The van der Waals surface area contributed by atoms with Gasteiger partial charge in [-0.3, -0.25) is 0 Å². The molecule has 1 aromatic heterocycles. The summed E-state index contributed by atoms with van der Waals surface area (Å²) in [6, 6.07) is 15.3. The molecule has 1 heterocycles. The lowest BCUT2D eigenvalue weighted by Gasteiger charge is -1.96. The van der Waals surface area contributed by atoms with Crippen molar-refractivity contribution in [3.63, 3.8) is 0 Å². The van der Waals surface area contributed by atoms with Gasteiger partial charge in [-0.2, -0.15) is 0 Å². The zero-order valence-corrected chi connectivity index (χ0v) is 10.8. The maximum Gasteiger partial charge on any atom is 0.0351 e. The van der Waals surface area contributed by atoms with Crippen LogP contribution in [0.2, 0.25) is 0 Å². The Morgan fingerprint density at radius 3 is 2.12 bits per heavy atom. The summed E-state index contributed by atoms with van der Waals surface area (Å²) in [6.07, 6.45) is 0. The van der Waals surface area contributed by atoms with Gasteiger partial charge in [0.1, 0.15) is 0 Å². The van der Waals surface area contributed by atoms with Crippen molar-refractivity contribution in [2.24, 2.45) is 0 Å². The number of aryl methyl sites for hydroxylation is 1. The minimum Gasteiger partial charge on any atom is -0.141 e. The molecular formula is C15H16S. The molecule has 1 heteroatoms. The topological polar surface area (TPSA) is 0 Å². The maximum absolute atomic E-state index is 2.28. The van der Waals surface area contributed by atoms with Gasteiger partial charge in [-0.15, -0.1) is 11.3 Å². The van der Waals surface area contributed by atoms with Crippen molar-refractivity contribution in [3.05, 3.63) is 47.3 Å². The second-order valence-electron chi connectivity index (χ2n) is 3.59. The fourth-order valence-corrected chi connectivity index (χ4v) is 2.81. The van der Waals surface area contributed by atoms with Crippen molar-refractivity contribution in [2.75, 3.05) is 0 Å². The highest BCUT2D eigenvalue weighted by molar-refractivity contribution is 7.19. The Bertz CT molecular complexity index is 552. The van der Waals surface area contributed by atoms with Gasteiger partial charge < -0.3 is 0 Å². The van der Waals surface area contributed by atoms with Crippen LogP contribution >= 0.6 is 11.3 Å². The van der Waals surface area contributed by atoms with Gasteiger partial charge in [-0.05, 0) is 41.3 Å². The first-order valence-electron chi connectivity index (χ1n) is 5.72. The molecule has 0 aliphatic heterocycles. The van der Waals surface area contributed by atoms with Gasteiger partial charge in [0.25, 0.3) is 0 Å². The molecule has 0 saturated carbocycles. The van der Waals surface area contributed by atoms with Crippen LogP contribution in [0, 0.1) is 6.92 Å². The molecule has 3 aromatic rings. The van der Waals surface area contributed by atoms with Crippen molar-refractivity contribution in [1.82, 2.24) is 0 Å². The molecule has 2 aromatic carbocycles. The van der Waals surface area contributed by atoms with Crippen LogP contribution < -0.4 is 0 Å². The van der Waals surface area contributed by atoms with Crippen LogP contribution in [0.5, 0.6) is 0 Å². The SMILES string of the molecule is CC.Cc1cc2cc3ccccc3cc2s1. The number of hydrogen-bond donors (Lipinski definition) is 0. The lowest BCUT2D eigenvalue weighted by molar-refractivity contribution is 1.50. The summed E-state index contributed by atoms with van der Waals surface area (Å²) in [5.41, 5.74) is 0.